The van der Waals surface area contributed by atoms with Crippen molar-refractivity contribution in [3.63, 3.8) is 0 Å². The number of para-hydroxylation sites is 2. The van der Waals surface area contributed by atoms with Crippen LogP contribution >= 0.6 is 0 Å². The fourth-order valence-corrected chi connectivity index (χ4v) is 2.77. The molecule has 1 aromatic heterocycles. The van der Waals surface area contributed by atoms with Gasteiger partial charge in [0.15, 0.2) is 0 Å². The average molecular weight is 305 g/mol. The van der Waals surface area contributed by atoms with Crippen molar-refractivity contribution in [2.45, 2.75) is 25.9 Å². The highest BCUT2D eigenvalue weighted by atomic mass is 16.2. The van der Waals surface area contributed by atoms with Gasteiger partial charge >= 0.3 is 0 Å². The van der Waals surface area contributed by atoms with Crippen LogP contribution < -0.4 is 5.32 Å². The predicted molar refractivity (Wildman–Crippen MR) is 89.8 cm³/mol. The van der Waals surface area contributed by atoms with Crippen molar-refractivity contribution < 1.29 is 4.79 Å². The van der Waals surface area contributed by atoms with Crippen LogP contribution in [0.2, 0.25) is 0 Å². The molecule has 1 fully saturated rings. The van der Waals surface area contributed by atoms with Crippen LogP contribution in [0, 0.1) is 5.92 Å². The van der Waals surface area contributed by atoms with E-state index in [2.05, 4.69) is 45.2 Å². The number of carbonyl (C=O) groups excluding carboxylic acids is 1. The molecule has 1 aliphatic rings. The van der Waals surface area contributed by atoms with E-state index >= 15 is 0 Å². The number of hydrogen-bond donors (Lipinski definition) is 1. The number of nitrogens with one attached hydrogen (secondary N) is 1. The Bertz CT molecular complexity index is 831. The Hall–Kier alpha value is -2.62. The molecule has 1 aliphatic carbocycles. The highest BCUT2D eigenvalue weighted by Crippen LogP contribution is 2.28. The van der Waals surface area contributed by atoms with Crippen LogP contribution in [-0.4, -0.2) is 15.5 Å². The molecule has 4 heteroatoms. The van der Waals surface area contributed by atoms with Crippen molar-refractivity contribution in [3.8, 4) is 0 Å². The van der Waals surface area contributed by atoms with Crippen LogP contribution in [0.25, 0.3) is 11.0 Å². The van der Waals surface area contributed by atoms with Crippen molar-refractivity contribution in [2.24, 2.45) is 5.92 Å². The van der Waals surface area contributed by atoms with E-state index in [0.717, 1.165) is 36.0 Å². The number of aromatic nitrogens is 2. The number of rotatable bonds is 5. The molecule has 1 amide bonds. The van der Waals surface area contributed by atoms with Gasteiger partial charge in [-0.1, -0.05) is 36.4 Å². The second-order valence-electron chi connectivity index (χ2n) is 6.17. The second-order valence-corrected chi connectivity index (χ2v) is 6.17. The van der Waals surface area contributed by atoms with E-state index < -0.39 is 0 Å². The first kappa shape index (κ1) is 14.0. The normalized spacial score (nSPS) is 14.1. The Morgan fingerprint density at radius 1 is 1.09 bits per heavy atom. The molecule has 1 heterocycles. The van der Waals surface area contributed by atoms with Gasteiger partial charge in [-0.2, -0.15) is 0 Å². The van der Waals surface area contributed by atoms with Crippen LogP contribution in [0.15, 0.2) is 54.9 Å². The molecule has 3 aromatic rings. The van der Waals surface area contributed by atoms with Gasteiger partial charge in [0.25, 0.3) is 0 Å². The summed E-state index contributed by atoms with van der Waals surface area (Å²) in [6, 6.07) is 16.6. The highest BCUT2D eigenvalue weighted by Gasteiger charge is 2.29. The van der Waals surface area contributed by atoms with Crippen molar-refractivity contribution in [3.05, 3.63) is 66.0 Å². The molecule has 0 aliphatic heterocycles. The van der Waals surface area contributed by atoms with Crippen molar-refractivity contribution in [1.82, 2.24) is 14.9 Å². The van der Waals surface area contributed by atoms with Gasteiger partial charge in [0.05, 0.1) is 17.4 Å². The summed E-state index contributed by atoms with van der Waals surface area (Å²) in [5.41, 5.74) is 4.53. The molecule has 0 unspecified atom stereocenters. The predicted octanol–water partition coefficient (Wildman–Crippen LogP) is 3.11. The SMILES string of the molecule is O=C(NCc1ccc(Cn2cnc3ccccc32)cc1)C1CC1. The lowest BCUT2D eigenvalue weighted by atomic mass is 10.1. The third-order valence-corrected chi connectivity index (χ3v) is 4.32. The summed E-state index contributed by atoms with van der Waals surface area (Å²) in [6.45, 7) is 1.42. The molecule has 23 heavy (non-hydrogen) atoms. The third kappa shape index (κ3) is 3.11. The van der Waals surface area contributed by atoms with Gasteiger partial charge < -0.3 is 9.88 Å². The molecule has 4 rings (SSSR count). The van der Waals surface area contributed by atoms with Gasteiger partial charge in [-0.25, -0.2) is 4.98 Å². The Kier molecular flexibility index (Phi) is 3.58. The number of nitrogens with zero attached hydrogens (tertiary/aromatic N) is 2. The monoisotopic (exact) mass is 305 g/mol. The Labute approximate surface area is 135 Å². The fourth-order valence-electron chi connectivity index (χ4n) is 2.77. The summed E-state index contributed by atoms with van der Waals surface area (Å²) in [5, 5.41) is 3.00. The maximum atomic E-state index is 11.7. The van der Waals surface area contributed by atoms with Crippen molar-refractivity contribution in [1.29, 1.82) is 0 Å². The van der Waals surface area contributed by atoms with Gasteiger partial charge in [0.2, 0.25) is 5.91 Å². The van der Waals surface area contributed by atoms with Crippen LogP contribution in [0.1, 0.15) is 24.0 Å². The van der Waals surface area contributed by atoms with Crippen LogP contribution in [0.4, 0.5) is 0 Å². The first-order valence-corrected chi connectivity index (χ1v) is 8.05. The third-order valence-electron chi connectivity index (χ3n) is 4.32. The highest BCUT2D eigenvalue weighted by molar-refractivity contribution is 5.80. The summed E-state index contributed by atoms with van der Waals surface area (Å²) in [6.07, 6.45) is 3.97. The Balaban J connectivity index is 1.42. The molecule has 1 N–H and O–H groups in total. The lowest BCUT2D eigenvalue weighted by Crippen LogP contribution is -2.24. The maximum absolute atomic E-state index is 11.7. The van der Waals surface area contributed by atoms with Crippen molar-refractivity contribution in [2.75, 3.05) is 0 Å². The smallest absolute Gasteiger partial charge is 0.223 e. The molecule has 2 aromatic carbocycles. The first-order chi connectivity index (χ1) is 11.3. The largest absolute Gasteiger partial charge is 0.352 e. The lowest BCUT2D eigenvalue weighted by Gasteiger charge is -2.07. The Morgan fingerprint density at radius 3 is 2.61 bits per heavy atom. The quantitative estimate of drug-likeness (QED) is 0.787. The van der Waals surface area contributed by atoms with E-state index in [9.17, 15) is 4.79 Å². The number of imidazole rings is 1. The van der Waals surface area contributed by atoms with Crippen LogP contribution in [-0.2, 0) is 17.9 Å². The van der Waals surface area contributed by atoms with E-state index in [1.807, 2.05) is 24.5 Å². The molecule has 0 atom stereocenters. The van der Waals surface area contributed by atoms with Gasteiger partial charge in [0.1, 0.15) is 0 Å². The first-order valence-electron chi connectivity index (χ1n) is 8.05. The second kappa shape index (κ2) is 5.88. The molecule has 0 saturated heterocycles. The Morgan fingerprint density at radius 2 is 1.83 bits per heavy atom. The van der Waals surface area contributed by atoms with E-state index in [4.69, 9.17) is 0 Å². The molecule has 0 spiro atoms. The zero-order valence-electron chi connectivity index (χ0n) is 12.9. The van der Waals surface area contributed by atoms with E-state index in [1.165, 1.54) is 5.56 Å². The van der Waals surface area contributed by atoms with E-state index in [1.54, 1.807) is 0 Å². The summed E-state index contributed by atoms with van der Waals surface area (Å²) >= 11 is 0. The van der Waals surface area contributed by atoms with E-state index in [-0.39, 0.29) is 11.8 Å². The zero-order valence-corrected chi connectivity index (χ0v) is 12.9. The summed E-state index contributed by atoms with van der Waals surface area (Å²) in [4.78, 5) is 16.1. The van der Waals surface area contributed by atoms with Gasteiger partial charge in [-0.3, -0.25) is 4.79 Å². The van der Waals surface area contributed by atoms with Gasteiger partial charge in [0, 0.05) is 19.0 Å². The molecular weight excluding hydrogens is 286 g/mol. The van der Waals surface area contributed by atoms with Crippen LogP contribution in [0.5, 0.6) is 0 Å². The number of carbonyl (C=O) groups is 1. The summed E-state index contributed by atoms with van der Waals surface area (Å²) in [5.74, 6) is 0.461. The lowest BCUT2D eigenvalue weighted by molar-refractivity contribution is -0.122. The minimum absolute atomic E-state index is 0.193. The number of benzene rings is 2. The summed E-state index contributed by atoms with van der Waals surface area (Å²) < 4.78 is 2.15. The van der Waals surface area contributed by atoms with Gasteiger partial charge in [-0.05, 0) is 36.1 Å². The average Bonchev–Trinajstić information content (AvgIpc) is 3.37. The molecule has 0 radical (unpaired) electrons. The molecular formula is C19H19N3O. The number of hydrogen-bond acceptors (Lipinski definition) is 2. The fraction of sp³-hybridized carbons (Fsp3) is 0.263. The maximum Gasteiger partial charge on any atom is 0.223 e. The molecule has 116 valence electrons. The van der Waals surface area contributed by atoms with E-state index in [0.29, 0.717) is 6.54 Å². The topological polar surface area (TPSA) is 46.9 Å². The molecule has 1 saturated carbocycles. The minimum atomic E-state index is 0.193. The summed E-state index contributed by atoms with van der Waals surface area (Å²) in [7, 11) is 0. The van der Waals surface area contributed by atoms with Crippen molar-refractivity contribution >= 4 is 16.9 Å². The number of amides is 1. The standard InChI is InChI=1S/C19H19N3O/c23-19(16-9-10-16)20-11-14-5-7-15(8-6-14)12-22-13-21-17-3-1-2-4-18(17)22/h1-8,13,16H,9-12H2,(H,20,23). The van der Waals surface area contributed by atoms with Crippen LogP contribution in [0.3, 0.4) is 0 Å². The molecule has 0 bridgehead atoms. The number of fused-ring (bicyclic) bond motifs is 1. The minimum Gasteiger partial charge on any atom is -0.352 e. The zero-order chi connectivity index (χ0) is 15.6. The molecule has 4 nitrogen and oxygen atoms in total. The van der Waals surface area contributed by atoms with Gasteiger partial charge in [-0.15, -0.1) is 0 Å².